The molecule has 14 nitrogen and oxygen atoms in total. The average Bonchev–Trinajstić information content (AvgIpc) is 2.15. The van der Waals surface area contributed by atoms with Crippen LogP contribution in [0.1, 0.15) is 0 Å². The van der Waals surface area contributed by atoms with Crippen LogP contribution in [0.3, 0.4) is 0 Å². The highest BCUT2D eigenvalue weighted by Gasteiger charge is 2.02. The molecule has 14 heteroatoms. The maximum absolute atomic E-state index is 9.36. The van der Waals surface area contributed by atoms with E-state index in [1.54, 1.807) is 0 Å². The fourth-order valence-electron chi connectivity index (χ4n) is 0.150. The number of rotatable bonds is 4. The molecule has 104 valence electrons. The van der Waals surface area contributed by atoms with Crippen molar-refractivity contribution in [3.05, 3.63) is 0 Å². The minimum atomic E-state index is -1.80. The molecule has 0 aromatic rings. The van der Waals surface area contributed by atoms with E-state index in [-0.39, 0.29) is 0 Å². The standard InChI is InChI=1S/2C2H2O7/c2*3-1(4)7-9-8-2(5)6/h2*(H,3,4)(H,5,6). The normalized spacial score (nSPS) is 8.00. The summed E-state index contributed by atoms with van der Waals surface area (Å²) in [5, 5.41) is 36.7. The first kappa shape index (κ1) is 17.4. The Bertz CT molecular complexity index is 234. The van der Waals surface area contributed by atoms with Crippen LogP contribution in [0.15, 0.2) is 0 Å². The molecule has 0 radical (unpaired) electrons. The molecule has 18 heavy (non-hydrogen) atoms. The van der Waals surface area contributed by atoms with Crippen molar-refractivity contribution >= 4 is 24.6 Å². The zero-order valence-electron chi connectivity index (χ0n) is 7.87. The van der Waals surface area contributed by atoms with Crippen LogP contribution in [-0.2, 0) is 29.6 Å². The van der Waals surface area contributed by atoms with E-state index in [2.05, 4.69) is 29.6 Å². The second-order valence-corrected chi connectivity index (χ2v) is 1.53. The van der Waals surface area contributed by atoms with Crippen molar-refractivity contribution in [2.75, 3.05) is 0 Å². The monoisotopic (exact) mass is 276 g/mol. The van der Waals surface area contributed by atoms with Gasteiger partial charge in [0.05, 0.1) is 10.1 Å². The first-order chi connectivity index (χ1) is 8.25. The quantitative estimate of drug-likeness (QED) is 0.406. The molecular formula is C4H4O14. The van der Waals surface area contributed by atoms with Gasteiger partial charge in [0.1, 0.15) is 0 Å². The summed E-state index contributed by atoms with van der Waals surface area (Å²) in [4.78, 5) is 50.1. The van der Waals surface area contributed by atoms with Gasteiger partial charge in [-0.3, -0.25) is 0 Å². The smallest absolute Gasteiger partial charge is 0.448 e. The fraction of sp³-hybridized carbons (Fsp3) is 0. The van der Waals surface area contributed by atoms with Gasteiger partial charge in [-0.25, -0.2) is 38.7 Å². The van der Waals surface area contributed by atoms with Gasteiger partial charge < -0.3 is 20.4 Å². The topological polar surface area (TPSA) is 205 Å². The molecular weight excluding hydrogens is 272 g/mol. The molecule has 0 unspecified atom stereocenters. The van der Waals surface area contributed by atoms with Crippen molar-refractivity contribution in [2.24, 2.45) is 0 Å². The third kappa shape index (κ3) is 23.1. The van der Waals surface area contributed by atoms with Gasteiger partial charge in [0.15, 0.2) is 0 Å². The zero-order chi connectivity index (χ0) is 14.6. The molecule has 0 atom stereocenters. The number of carbonyl (C=O) groups is 4. The summed E-state index contributed by atoms with van der Waals surface area (Å²) in [7, 11) is 0. The van der Waals surface area contributed by atoms with Gasteiger partial charge in [0, 0.05) is 0 Å². The SMILES string of the molecule is O=C(O)OOOC(=O)O.O=C(O)OOOC(=O)O. The third-order valence-electron chi connectivity index (χ3n) is 0.421. The molecule has 0 aliphatic carbocycles. The van der Waals surface area contributed by atoms with Crippen LogP contribution in [0.4, 0.5) is 19.2 Å². The third-order valence-corrected chi connectivity index (χ3v) is 0.421. The summed E-state index contributed by atoms with van der Waals surface area (Å²) in [5.41, 5.74) is 0. The molecule has 0 fully saturated rings. The second kappa shape index (κ2) is 10.5. The van der Waals surface area contributed by atoms with E-state index >= 15 is 0 Å². The maximum atomic E-state index is 9.36. The lowest BCUT2D eigenvalue weighted by atomic mass is 11.4. The predicted molar refractivity (Wildman–Crippen MR) is 38.6 cm³/mol. The molecule has 0 rings (SSSR count). The van der Waals surface area contributed by atoms with Gasteiger partial charge in [-0.15, -0.1) is 0 Å². The Morgan fingerprint density at radius 1 is 0.500 bits per heavy atom. The summed E-state index contributed by atoms with van der Waals surface area (Å²) in [5.74, 6) is 0. The Morgan fingerprint density at radius 3 is 0.778 bits per heavy atom. The van der Waals surface area contributed by atoms with Gasteiger partial charge in [-0.1, -0.05) is 0 Å². The van der Waals surface area contributed by atoms with Crippen molar-refractivity contribution < 1.29 is 69.2 Å². The van der Waals surface area contributed by atoms with Crippen LogP contribution in [0, 0.1) is 0 Å². The van der Waals surface area contributed by atoms with Crippen LogP contribution in [0.5, 0.6) is 0 Å². The first-order valence-electron chi connectivity index (χ1n) is 3.19. The average molecular weight is 276 g/mol. The molecule has 0 heterocycles. The molecule has 0 spiro atoms. The lowest BCUT2D eigenvalue weighted by Crippen LogP contribution is -2.06. The van der Waals surface area contributed by atoms with E-state index in [1.165, 1.54) is 0 Å². The molecule has 0 bridgehead atoms. The Hall–Kier alpha value is -3.00. The van der Waals surface area contributed by atoms with Crippen molar-refractivity contribution in [2.45, 2.75) is 0 Å². The van der Waals surface area contributed by atoms with Gasteiger partial charge >= 0.3 is 24.6 Å². The number of hydrogen-bond donors (Lipinski definition) is 4. The molecule has 0 aliphatic rings. The number of hydrogen-bond acceptors (Lipinski definition) is 10. The Kier molecular flexibility index (Phi) is 10.2. The summed E-state index contributed by atoms with van der Waals surface area (Å²) in [6, 6.07) is 0. The van der Waals surface area contributed by atoms with Gasteiger partial charge in [0.25, 0.3) is 0 Å². The minimum absolute atomic E-state index is 1.80. The zero-order valence-corrected chi connectivity index (χ0v) is 7.87. The van der Waals surface area contributed by atoms with Crippen LogP contribution in [0.25, 0.3) is 0 Å². The highest BCUT2D eigenvalue weighted by atomic mass is 17.5. The van der Waals surface area contributed by atoms with E-state index in [0.29, 0.717) is 0 Å². The Morgan fingerprint density at radius 2 is 0.667 bits per heavy atom. The Labute approximate surface area is 95.1 Å². The largest absolute Gasteiger partial charge is 0.540 e. The molecule has 0 amide bonds. The highest BCUT2D eigenvalue weighted by molar-refractivity contribution is 5.57. The predicted octanol–water partition coefficient (Wildman–Crippen LogP) is 0.444. The van der Waals surface area contributed by atoms with E-state index in [9.17, 15) is 19.2 Å². The maximum Gasteiger partial charge on any atom is 0.540 e. The second-order valence-electron chi connectivity index (χ2n) is 1.53. The highest BCUT2D eigenvalue weighted by Crippen LogP contribution is 1.82. The van der Waals surface area contributed by atoms with E-state index in [1.807, 2.05) is 0 Å². The first-order valence-corrected chi connectivity index (χ1v) is 3.19. The fourth-order valence-corrected chi connectivity index (χ4v) is 0.150. The molecule has 4 N–H and O–H groups in total. The summed E-state index contributed by atoms with van der Waals surface area (Å²) < 4.78 is 0. The van der Waals surface area contributed by atoms with Crippen molar-refractivity contribution in [3.8, 4) is 0 Å². The van der Waals surface area contributed by atoms with E-state index in [0.717, 1.165) is 0 Å². The molecule has 0 saturated heterocycles. The van der Waals surface area contributed by atoms with Gasteiger partial charge in [-0.05, 0) is 0 Å². The molecule has 0 aliphatic heterocycles. The lowest BCUT2D eigenvalue weighted by molar-refractivity contribution is -0.456. The van der Waals surface area contributed by atoms with Crippen LogP contribution in [-0.4, -0.2) is 45.0 Å². The summed E-state index contributed by atoms with van der Waals surface area (Å²) >= 11 is 0. The van der Waals surface area contributed by atoms with E-state index < -0.39 is 24.6 Å². The molecule has 0 saturated carbocycles. The molecule has 0 aromatic heterocycles. The molecule has 0 aromatic carbocycles. The van der Waals surface area contributed by atoms with Gasteiger partial charge in [-0.2, -0.15) is 0 Å². The van der Waals surface area contributed by atoms with Crippen molar-refractivity contribution in [1.82, 2.24) is 0 Å². The van der Waals surface area contributed by atoms with E-state index in [4.69, 9.17) is 20.4 Å². The Balaban J connectivity index is 0. The van der Waals surface area contributed by atoms with Crippen molar-refractivity contribution in [3.63, 3.8) is 0 Å². The van der Waals surface area contributed by atoms with Crippen LogP contribution in [0.2, 0.25) is 0 Å². The minimum Gasteiger partial charge on any atom is -0.448 e. The van der Waals surface area contributed by atoms with Crippen LogP contribution < -0.4 is 0 Å². The van der Waals surface area contributed by atoms with Crippen LogP contribution >= 0.6 is 0 Å². The summed E-state index contributed by atoms with van der Waals surface area (Å²) in [6.45, 7) is 0. The summed E-state index contributed by atoms with van der Waals surface area (Å²) in [6.07, 6.45) is -7.18. The lowest BCUT2D eigenvalue weighted by Gasteiger charge is -1.91. The number of carboxylic acid groups (broad SMARTS) is 4. The van der Waals surface area contributed by atoms with Crippen molar-refractivity contribution in [1.29, 1.82) is 0 Å². The van der Waals surface area contributed by atoms with Gasteiger partial charge in [0.2, 0.25) is 0 Å².